The highest BCUT2D eigenvalue weighted by Gasteiger charge is 2.42. The van der Waals surface area contributed by atoms with Crippen molar-refractivity contribution in [3.8, 4) is 5.75 Å². The van der Waals surface area contributed by atoms with Gasteiger partial charge in [-0.15, -0.1) is 0 Å². The number of phenols is 1. The topological polar surface area (TPSA) is 126 Å². The summed E-state index contributed by atoms with van der Waals surface area (Å²) in [5, 5.41) is 18.0. The number of rotatable bonds is 5. The summed E-state index contributed by atoms with van der Waals surface area (Å²) in [6.07, 6.45) is 7.35. The summed E-state index contributed by atoms with van der Waals surface area (Å²) in [7, 11) is 1.79. The van der Waals surface area contributed by atoms with E-state index < -0.39 is 11.5 Å². The maximum absolute atomic E-state index is 12.8. The van der Waals surface area contributed by atoms with Crippen LogP contribution in [0.2, 0.25) is 0 Å². The first-order valence-corrected chi connectivity index (χ1v) is 12.1. The number of phenolic OH excluding ortho intramolecular Hbond substituents is 1. The fraction of sp³-hybridized carbons (Fsp3) is 0.480. The van der Waals surface area contributed by atoms with Crippen molar-refractivity contribution in [2.45, 2.75) is 57.7 Å². The Bertz CT molecular complexity index is 1290. The minimum absolute atomic E-state index is 0.0440. The largest absolute Gasteiger partial charge is 0.506 e. The van der Waals surface area contributed by atoms with Gasteiger partial charge >= 0.3 is 6.09 Å². The van der Waals surface area contributed by atoms with Crippen molar-refractivity contribution >= 4 is 34.4 Å². The van der Waals surface area contributed by atoms with Gasteiger partial charge in [0, 0.05) is 43.8 Å². The molecule has 0 radical (unpaired) electrons. The van der Waals surface area contributed by atoms with Crippen molar-refractivity contribution in [3.63, 3.8) is 0 Å². The summed E-state index contributed by atoms with van der Waals surface area (Å²) < 4.78 is 7.29. The third kappa shape index (κ3) is 5.05. The van der Waals surface area contributed by atoms with Crippen LogP contribution in [0, 0.1) is 0 Å². The van der Waals surface area contributed by atoms with Gasteiger partial charge in [0.2, 0.25) is 0 Å². The van der Waals surface area contributed by atoms with Gasteiger partial charge < -0.3 is 25.0 Å². The average molecular weight is 494 g/mol. The SMILES string of the molecule is Cn1cc2cc(NC(=O)c3cnc(N4CCC(N(C(=O)OC(C)(C)C)C5CC5)C4)cn3)c(O)cc2n1. The van der Waals surface area contributed by atoms with Gasteiger partial charge in [0.05, 0.1) is 29.6 Å². The van der Waals surface area contributed by atoms with E-state index in [1.165, 1.54) is 12.3 Å². The lowest BCUT2D eigenvalue weighted by Crippen LogP contribution is -2.46. The van der Waals surface area contributed by atoms with E-state index in [-0.39, 0.29) is 35.3 Å². The van der Waals surface area contributed by atoms with Crippen LogP contribution in [0.1, 0.15) is 50.5 Å². The Morgan fingerprint density at radius 1 is 1.14 bits per heavy atom. The number of nitrogens with one attached hydrogen (secondary N) is 1. The molecule has 1 aromatic carbocycles. The van der Waals surface area contributed by atoms with Crippen molar-refractivity contribution in [2.75, 3.05) is 23.3 Å². The Balaban J connectivity index is 1.24. The van der Waals surface area contributed by atoms with E-state index in [0.717, 1.165) is 31.2 Å². The molecule has 1 saturated heterocycles. The fourth-order valence-electron chi connectivity index (χ4n) is 4.51. The molecule has 2 fully saturated rings. The minimum atomic E-state index is -0.537. The van der Waals surface area contributed by atoms with Crippen LogP contribution in [0.15, 0.2) is 30.7 Å². The summed E-state index contributed by atoms with van der Waals surface area (Å²) in [6.45, 7) is 7.00. The van der Waals surface area contributed by atoms with Gasteiger partial charge in [0.1, 0.15) is 22.9 Å². The minimum Gasteiger partial charge on any atom is -0.506 e. The summed E-state index contributed by atoms with van der Waals surface area (Å²) in [4.78, 5) is 38.3. The number of benzene rings is 1. The molecule has 0 bridgehead atoms. The number of aryl methyl sites for hydroxylation is 1. The Morgan fingerprint density at radius 3 is 2.58 bits per heavy atom. The first kappa shape index (κ1) is 23.8. The molecule has 2 amide bonds. The molecule has 1 saturated carbocycles. The van der Waals surface area contributed by atoms with Crippen LogP contribution in [-0.4, -0.2) is 72.5 Å². The van der Waals surface area contributed by atoms with E-state index >= 15 is 0 Å². The van der Waals surface area contributed by atoms with Gasteiger partial charge in [0.15, 0.2) is 0 Å². The number of ether oxygens (including phenoxy) is 1. The third-order valence-electron chi connectivity index (χ3n) is 6.28. The second kappa shape index (κ2) is 8.96. The van der Waals surface area contributed by atoms with Crippen molar-refractivity contribution in [1.82, 2.24) is 24.6 Å². The van der Waals surface area contributed by atoms with Gasteiger partial charge in [0.25, 0.3) is 5.91 Å². The molecule has 3 aromatic rings. The van der Waals surface area contributed by atoms with Crippen molar-refractivity contribution in [2.24, 2.45) is 7.05 Å². The zero-order valence-corrected chi connectivity index (χ0v) is 20.9. The number of aromatic nitrogens is 4. The normalized spacial score (nSPS) is 17.9. The molecule has 11 nitrogen and oxygen atoms in total. The fourth-order valence-corrected chi connectivity index (χ4v) is 4.51. The average Bonchev–Trinajstić information content (AvgIpc) is 3.38. The van der Waals surface area contributed by atoms with Gasteiger partial charge in [-0.3, -0.25) is 9.48 Å². The van der Waals surface area contributed by atoms with Gasteiger partial charge in [-0.05, 0) is 46.1 Å². The highest BCUT2D eigenvalue weighted by molar-refractivity contribution is 6.04. The number of nitrogens with zero attached hydrogens (tertiary/aromatic N) is 6. The standard InChI is InChI=1S/C25H31N7O4/c1-25(2,3)36-24(35)32(16-5-6-16)17-7-8-31(14-17)22-12-26-20(11-27-22)23(34)28-19-9-15-13-30(4)29-18(15)10-21(19)33/h9-13,16-17,33H,5-8,14H2,1-4H3,(H,28,34). The lowest BCUT2D eigenvalue weighted by molar-refractivity contribution is 0.0158. The van der Waals surface area contributed by atoms with E-state index in [1.54, 1.807) is 30.2 Å². The quantitative estimate of drug-likeness (QED) is 0.519. The van der Waals surface area contributed by atoms with E-state index in [1.807, 2.05) is 25.7 Å². The van der Waals surface area contributed by atoms with Crippen molar-refractivity contribution in [1.29, 1.82) is 0 Å². The lowest BCUT2D eigenvalue weighted by Gasteiger charge is -2.31. The molecule has 1 aliphatic carbocycles. The molecule has 1 aliphatic heterocycles. The van der Waals surface area contributed by atoms with E-state index in [4.69, 9.17) is 4.74 Å². The maximum atomic E-state index is 12.8. The number of hydrogen-bond donors (Lipinski definition) is 2. The highest BCUT2D eigenvalue weighted by Crippen LogP contribution is 2.34. The molecule has 3 heterocycles. The predicted molar refractivity (Wildman–Crippen MR) is 134 cm³/mol. The zero-order valence-electron chi connectivity index (χ0n) is 20.9. The van der Waals surface area contributed by atoms with E-state index in [9.17, 15) is 14.7 Å². The molecule has 11 heteroatoms. The summed E-state index contributed by atoms with van der Waals surface area (Å²) in [5.41, 5.74) is 0.503. The zero-order chi connectivity index (χ0) is 25.6. The molecule has 5 rings (SSSR count). The Labute approximate surface area is 209 Å². The molecule has 2 aromatic heterocycles. The van der Waals surface area contributed by atoms with Crippen molar-refractivity contribution in [3.05, 3.63) is 36.4 Å². The molecule has 0 spiro atoms. The molecule has 1 unspecified atom stereocenters. The number of amides is 2. The van der Waals surface area contributed by atoms with E-state index in [0.29, 0.717) is 17.9 Å². The maximum Gasteiger partial charge on any atom is 0.410 e. The predicted octanol–water partition coefficient (Wildman–Crippen LogP) is 3.30. The molecular weight excluding hydrogens is 462 g/mol. The molecule has 1 atom stereocenters. The number of anilines is 2. The van der Waals surface area contributed by atoms with Crippen LogP contribution in [0.5, 0.6) is 5.75 Å². The summed E-state index contributed by atoms with van der Waals surface area (Å²) in [6, 6.07) is 3.45. The van der Waals surface area contributed by atoms with Crippen LogP contribution in [0.25, 0.3) is 10.9 Å². The third-order valence-corrected chi connectivity index (χ3v) is 6.28. The lowest BCUT2D eigenvalue weighted by atomic mass is 10.2. The molecule has 190 valence electrons. The van der Waals surface area contributed by atoms with Gasteiger partial charge in [-0.25, -0.2) is 14.8 Å². The molecule has 36 heavy (non-hydrogen) atoms. The smallest absolute Gasteiger partial charge is 0.410 e. The van der Waals surface area contributed by atoms with Crippen LogP contribution in [-0.2, 0) is 11.8 Å². The van der Waals surface area contributed by atoms with Crippen LogP contribution >= 0.6 is 0 Å². The Kier molecular flexibility index (Phi) is 5.93. The van der Waals surface area contributed by atoms with Crippen LogP contribution in [0.3, 0.4) is 0 Å². The van der Waals surface area contributed by atoms with Crippen LogP contribution in [0.4, 0.5) is 16.3 Å². The second-order valence-corrected chi connectivity index (χ2v) is 10.5. The Hall–Kier alpha value is -3.89. The molecular formula is C25H31N7O4. The number of carbonyl (C=O) groups excluding carboxylic acids is 2. The summed E-state index contributed by atoms with van der Waals surface area (Å²) >= 11 is 0. The van der Waals surface area contributed by atoms with Crippen LogP contribution < -0.4 is 10.2 Å². The monoisotopic (exact) mass is 493 g/mol. The first-order valence-electron chi connectivity index (χ1n) is 12.1. The molecule has 2 N–H and O–H groups in total. The first-order chi connectivity index (χ1) is 17.1. The second-order valence-electron chi connectivity index (χ2n) is 10.5. The van der Waals surface area contributed by atoms with Gasteiger partial charge in [-0.1, -0.05) is 0 Å². The number of aromatic hydroxyl groups is 1. The summed E-state index contributed by atoms with van der Waals surface area (Å²) in [5.74, 6) is 0.0952. The molecule has 2 aliphatic rings. The number of hydrogen-bond acceptors (Lipinski definition) is 8. The van der Waals surface area contributed by atoms with Crippen molar-refractivity contribution < 1.29 is 19.4 Å². The highest BCUT2D eigenvalue weighted by atomic mass is 16.6. The van der Waals surface area contributed by atoms with Gasteiger partial charge in [-0.2, -0.15) is 5.10 Å². The number of fused-ring (bicyclic) bond motifs is 1. The number of carbonyl (C=O) groups is 2. The van der Waals surface area contributed by atoms with E-state index in [2.05, 4.69) is 25.3 Å². The Morgan fingerprint density at radius 2 is 1.92 bits per heavy atom.